The van der Waals surface area contributed by atoms with E-state index in [0.29, 0.717) is 30.3 Å². The number of nitrogens with two attached hydrogens (primary N) is 1. The highest BCUT2D eigenvalue weighted by atomic mass is 16.5. The molecule has 2 heterocycles. The van der Waals surface area contributed by atoms with E-state index < -0.39 is 5.91 Å². The SMILES string of the molecule is COc1ccc(C2=NN(C(=O)CN(Cc3ccc(C(N)=O)cc3)C3CC3)[C@@H](c3ccco3)C2)cc1. The highest BCUT2D eigenvalue weighted by Crippen LogP contribution is 2.34. The van der Waals surface area contributed by atoms with Gasteiger partial charge in [0.25, 0.3) is 5.91 Å². The molecular weight excluding hydrogens is 444 g/mol. The zero-order chi connectivity index (χ0) is 24.4. The molecule has 1 fully saturated rings. The maximum absolute atomic E-state index is 13.6. The molecule has 8 heteroatoms. The molecule has 1 aromatic heterocycles. The third-order valence-corrected chi connectivity index (χ3v) is 6.49. The Morgan fingerprint density at radius 2 is 1.86 bits per heavy atom. The summed E-state index contributed by atoms with van der Waals surface area (Å²) in [5.74, 6) is 0.960. The number of carbonyl (C=O) groups is 2. The minimum atomic E-state index is -0.450. The van der Waals surface area contributed by atoms with Gasteiger partial charge in [-0.05, 0) is 72.5 Å². The summed E-state index contributed by atoms with van der Waals surface area (Å²) in [6, 6.07) is 18.7. The van der Waals surface area contributed by atoms with Crippen molar-refractivity contribution in [1.82, 2.24) is 9.91 Å². The molecule has 0 radical (unpaired) electrons. The highest BCUT2D eigenvalue weighted by molar-refractivity contribution is 6.03. The van der Waals surface area contributed by atoms with E-state index in [1.54, 1.807) is 30.5 Å². The molecule has 1 aliphatic carbocycles. The molecule has 180 valence electrons. The summed E-state index contributed by atoms with van der Waals surface area (Å²) in [6.45, 7) is 0.864. The largest absolute Gasteiger partial charge is 0.497 e. The minimum absolute atomic E-state index is 0.0735. The summed E-state index contributed by atoms with van der Waals surface area (Å²) >= 11 is 0. The second-order valence-corrected chi connectivity index (χ2v) is 8.95. The minimum Gasteiger partial charge on any atom is -0.497 e. The molecule has 0 spiro atoms. The fourth-order valence-electron chi connectivity index (χ4n) is 4.41. The molecule has 2 amide bonds. The lowest BCUT2D eigenvalue weighted by Crippen LogP contribution is -2.39. The van der Waals surface area contributed by atoms with E-state index >= 15 is 0 Å². The van der Waals surface area contributed by atoms with E-state index in [4.69, 9.17) is 20.0 Å². The van der Waals surface area contributed by atoms with Gasteiger partial charge in [-0.25, -0.2) is 5.01 Å². The summed E-state index contributed by atoms with van der Waals surface area (Å²) in [5.41, 5.74) is 8.64. The van der Waals surface area contributed by atoms with E-state index in [1.807, 2.05) is 48.5 Å². The Balaban J connectivity index is 1.35. The van der Waals surface area contributed by atoms with Gasteiger partial charge in [-0.15, -0.1) is 0 Å². The Morgan fingerprint density at radius 3 is 2.46 bits per heavy atom. The number of hydrogen-bond donors (Lipinski definition) is 1. The van der Waals surface area contributed by atoms with Gasteiger partial charge in [0.2, 0.25) is 5.91 Å². The van der Waals surface area contributed by atoms with E-state index in [9.17, 15) is 9.59 Å². The average Bonchev–Trinajstić information content (AvgIpc) is 3.39. The molecule has 0 saturated heterocycles. The Bertz CT molecular complexity index is 1220. The maximum Gasteiger partial charge on any atom is 0.257 e. The molecule has 1 aliphatic heterocycles. The highest BCUT2D eigenvalue weighted by Gasteiger charge is 2.37. The van der Waals surface area contributed by atoms with Gasteiger partial charge in [-0.2, -0.15) is 5.10 Å². The normalized spacial score (nSPS) is 17.5. The van der Waals surface area contributed by atoms with E-state index in [0.717, 1.165) is 35.4 Å². The van der Waals surface area contributed by atoms with Crippen LogP contribution in [0.15, 0.2) is 76.4 Å². The monoisotopic (exact) mass is 472 g/mol. The quantitative estimate of drug-likeness (QED) is 0.511. The third kappa shape index (κ3) is 5.12. The van der Waals surface area contributed by atoms with Crippen molar-refractivity contribution >= 4 is 17.5 Å². The van der Waals surface area contributed by atoms with Gasteiger partial charge in [0.15, 0.2) is 0 Å². The fourth-order valence-corrected chi connectivity index (χ4v) is 4.41. The van der Waals surface area contributed by atoms with Gasteiger partial charge in [0.05, 0.1) is 25.6 Å². The Morgan fingerprint density at radius 1 is 1.11 bits per heavy atom. The number of amides is 2. The van der Waals surface area contributed by atoms with Crippen LogP contribution in [-0.4, -0.2) is 47.1 Å². The predicted molar refractivity (Wildman–Crippen MR) is 131 cm³/mol. The summed E-state index contributed by atoms with van der Waals surface area (Å²) in [4.78, 5) is 27.1. The average molecular weight is 473 g/mol. The van der Waals surface area contributed by atoms with Crippen molar-refractivity contribution in [3.05, 3.63) is 89.4 Å². The lowest BCUT2D eigenvalue weighted by atomic mass is 10.0. The van der Waals surface area contributed by atoms with Crippen LogP contribution in [0, 0.1) is 0 Å². The molecule has 2 aliphatic rings. The smallest absolute Gasteiger partial charge is 0.257 e. The first-order chi connectivity index (χ1) is 17.0. The summed E-state index contributed by atoms with van der Waals surface area (Å²) in [7, 11) is 1.63. The van der Waals surface area contributed by atoms with Gasteiger partial charge < -0.3 is 14.9 Å². The summed E-state index contributed by atoms with van der Waals surface area (Å²) in [5, 5.41) is 6.32. The van der Waals surface area contributed by atoms with Crippen molar-refractivity contribution in [3.63, 3.8) is 0 Å². The Hall–Kier alpha value is -3.91. The van der Waals surface area contributed by atoms with Gasteiger partial charge >= 0.3 is 0 Å². The topological polar surface area (TPSA) is 101 Å². The predicted octanol–water partition coefficient (Wildman–Crippen LogP) is 3.73. The number of nitrogens with zero attached hydrogens (tertiary/aromatic N) is 3. The van der Waals surface area contributed by atoms with Gasteiger partial charge in [-0.1, -0.05) is 12.1 Å². The van der Waals surface area contributed by atoms with Crippen LogP contribution >= 0.6 is 0 Å². The standard InChI is InChI=1S/C27H28N4O4/c1-34-22-12-8-19(9-13-22)23-15-24(25-3-2-14-35-25)31(29-23)26(32)17-30(21-10-11-21)16-18-4-6-20(7-5-18)27(28)33/h2-9,12-14,21,24H,10-11,15-17H2,1H3,(H2,28,33)/t24-/m1/s1. The van der Waals surface area contributed by atoms with Crippen LogP contribution in [0.25, 0.3) is 0 Å². The van der Waals surface area contributed by atoms with Crippen molar-refractivity contribution in [2.24, 2.45) is 10.8 Å². The van der Waals surface area contributed by atoms with Crippen LogP contribution in [0.2, 0.25) is 0 Å². The number of hydrazone groups is 1. The van der Waals surface area contributed by atoms with E-state index in [2.05, 4.69) is 4.90 Å². The summed E-state index contributed by atoms with van der Waals surface area (Å²) < 4.78 is 10.9. The number of ether oxygens (including phenoxy) is 1. The number of benzene rings is 2. The fraction of sp³-hybridized carbons (Fsp3) is 0.296. The van der Waals surface area contributed by atoms with Crippen LogP contribution in [-0.2, 0) is 11.3 Å². The van der Waals surface area contributed by atoms with Crippen LogP contribution in [0.4, 0.5) is 0 Å². The molecular formula is C27H28N4O4. The molecule has 0 bridgehead atoms. The summed E-state index contributed by atoms with van der Waals surface area (Å²) in [6.07, 6.45) is 4.32. The lowest BCUT2D eigenvalue weighted by Gasteiger charge is -2.26. The Labute approximate surface area is 204 Å². The number of rotatable bonds is 9. The first-order valence-corrected chi connectivity index (χ1v) is 11.7. The van der Waals surface area contributed by atoms with Crippen molar-refractivity contribution in [2.75, 3.05) is 13.7 Å². The zero-order valence-corrected chi connectivity index (χ0v) is 19.6. The van der Waals surface area contributed by atoms with E-state index in [-0.39, 0.29) is 18.5 Å². The third-order valence-electron chi connectivity index (χ3n) is 6.49. The number of furan rings is 1. The second-order valence-electron chi connectivity index (χ2n) is 8.95. The molecule has 5 rings (SSSR count). The maximum atomic E-state index is 13.6. The van der Waals surface area contributed by atoms with E-state index in [1.165, 1.54) is 0 Å². The first kappa shape index (κ1) is 22.9. The molecule has 8 nitrogen and oxygen atoms in total. The second kappa shape index (κ2) is 9.76. The molecule has 1 saturated carbocycles. The zero-order valence-electron chi connectivity index (χ0n) is 19.6. The Kier molecular flexibility index (Phi) is 6.37. The number of carbonyl (C=O) groups excluding carboxylic acids is 2. The van der Waals surface area contributed by atoms with Gasteiger partial charge in [0.1, 0.15) is 17.6 Å². The van der Waals surface area contributed by atoms with Crippen molar-refractivity contribution in [2.45, 2.75) is 37.9 Å². The molecule has 1 atom stereocenters. The van der Waals surface area contributed by atoms with Crippen LogP contribution < -0.4 is 10.5 Å². The van der Waals surface area contributed by atoms with Crippen molar-refractivity contribution in [3.8, 4) is 5.75 Å². The van der Waals surface area contributed by atoms with Gasteiger partial charge in [0, 0.05) is 24.6 Å². The van der Waals surface area contributed by atoms with Crippen LogP contribution in [0.5, 0.6) is 5.75 Å². The van der Waals surface area contributed by atoms with Crippen molar-refractivity contribution < 1.29 is 18.7 Å². The number of hydrogen-bond acceptors (Lipinski definition) is 6. The van der Waals surface area contributed by atoms with Gasteiger partial charge in [-0.3, -0.25) is 14.5 Å². The van der Waals surface area contributed by atoms with Crippen LogP contribution in [0.1, 0.15) is 52.5 Å². The van der Waals surface area contributed by atoms with Crippen molar-refractivity contribution in [1.29, 1.82) is 0 Å². The lowest BCUT2D eigenvalue weighted by molar-refractivity contribution is -0.134. The molecule has 2 aromatic carbocycles. The van der Waals surface area contributed by atoms with Crippen LogP contribution in [0.3, 0.4) is 0 Å². The first-order valence-electron chi connectivity index (χ1n) is 11.7. The molecule has 2 N–H and O–H groups in total. The molecule has 35 heavy (non-hydrogen) atoms. The number of primary amides is 1. The number of methoxy groups -OCH3 is 1. The molecule has 0 unspecified atom stereocenters. The molecule has 3 aromatic rings.